The molecule has 0 saturated heterocycles. The molecule has 2 aromatic heterocycles. The second kappa shape index (κ2) is 5.04. The molecule has 5 heteroatoms. The molecule has 3 rings (SSSR count). The van der Waals surface area contributed by atoms with Gasteiger partial charge >= 0.3 is 0 Å². The topological polar surface area (TPSA) is 51.5 Å². The molecule has 2 aromatic rings. The molecule has 0 amide bonds. The highest BCUT2D eigenvalue weighted by molar-refractivity contribution is 5.36. The summed E-state index contributed by atoms with van der Waals surface area (Å²) < 4.78 is 7.27. The predicted octanol–water partition coefficient (Wildman–Crippen LogP) is 1.24. The molecular weight excluding hydrogens is 228 g/mol. The van der Waals surface area contributed by atoms with E-state index in [-0.39, 0.29) is 0 Å². The molecule has 96 valence electrons. The summed E-state index contributed by atoms with van der Waals surface area (Å²) in [7, 11) is 1.75. The summed E-state index contributed by atoms with van der Waals surface area (Å²) >= 11 is 0. The Morgan fingerprint density at radius 2 is 2.33 bits per heavy atom. The van der Waals surface area contributed by atoms with Crippen LogP contribution in [0.5, 0.6) is 0 Å². The van der Waals surface area contributed by atoms with Crippen molar-refractivity contribution in [2.24, 2.45) is 5.92 Å². The van der Waals surface area contributed by atoms with Gasteiger partial charge in [-0.25, -0.2) is 0 Å². The van der Waals surface area contributed by atoms with Crippen molar-refractivity contribution < 1.29 is 4.74 Å². The molecule has 1 N–H and O–H groups in total. The van der Waals surface area contributed by atoms with E-state index in [2.05, 4.69) is 15.5 Å². The molecular formula is C13H18N4O. The highest BCUT2D eigenvalue weighted by Gasteiger charge is 2.30. The molecule has 2 heterocycles. The quantitative estimate of drug-likeness (QED) is 0.833. The Kier molecular flexibility index (Phi) is 3.25. The highest BCUT2D eigenvalue weighted by Crippen LogP contribution is 2.32. The Bertz CT molecular complexity index is 520. The summed E-state index contributed by atoms with van der Waals surface area (Å²) in [6.45, 7) is 1.50. The van der Waals surface area contributed by atoms with Crippen molar-refractivity contribution in [2.45, 2.75) is 25.4 Å². The van der Waals surface area contributed by atoms with Gasteiger partial charge in [-0.3, -0.25) is 4.40 Å². The van der Waals surface area contributed by atoms with Gasteiger partial charge in [0.1, 0.15) is 0 Å². The van der Waals surface area contributed by atoms with Gasteiger partial charge in [-0.15, -0.1) is 10.2 Å². The van der Waals surface area contributed by atoms with Crippen LogP contribution in [0.3, 0.4) is 0 Å². The number of pyridine rings is 1. The Morgan fingerprint density at radius 1 is 1.44 bits per heavy atom. The van der Waals surface area contributed by atoms with Gasteiger partial charge in [0.15, 0.2) is 11.5 Å². The predicted molar refractivity (Wildman–Crippen MR) is 68.2 cm³/mol. The molecule has 1 aliphatic rings. The number of aromatic nitrogens is 3. The van der Waals surface area contributed by atoms with Gasteiger partial charge in [-0.2, -0.15) is 0 Å². The minimum atomic E-state index is 0.436. The van der Waals surface area contributed by atoms with Crippen LogP contribution in [0.15, 0.2) is 24.4 Å². The molecule has 0 aromatic carbocycles. The summed E-state index contributed by atoms with van der Waals surface area (Å²) in [6, 6.07) is 6.36. The van der Waals surface area contributed by atoms with Crippen LogP contribution >= 0.6 is 0 Å². The third kappa shape index (κ3) is 2.37. The number of hydrogen-bond donors (Lipinski definition) is 1. The zero-order valence-electron chi connectivity index (χ0n) is 10.5. The van der Waals surface area contributed by atoms with Gasteiger partial charge in [0.25, 0.3) is 0 Å². The standard InChI is InChI=1S/C13H18N4O/c1-18-9-11(10-5-6-10)14-8-13-16-15-12-4-2-3-7-17(12)13/h2-4,7,10-11,14H,5-6,8-9H2,1H3. The van der Waals surface area contributed by atoms with Crippen molar-refractivity contribution in [3.63, 3.8) is 0 Å². The van der Waals surface area contributed by atoms with E-state index in [1.807, 2.05) is 28.8 Å². The minimum absolute atomic E-state index is 0.436. The Morgan fingerprint density at radius 3 is 3.11 bits per heavy atom. The number of hydrogen-bond acceptors (Lipinski definition) is 4. The molecule has 0 aliphatic heterocycles. The van der Waals surface area contributed by atoms with Crippen molar-refractivity contribution in [3.05, 3.63) is 30.2 Å². The van der Waals surface area contributed by atoms with Crippen LogP contribution in [0.1, 0.15) is 18.7 Å². The zero-order chi connectivity index (χ0) is 12.4. The van der Waals surface area contributed by atoms with Crippen LogP contribution in [-0.4, -0.2) is 34.4 Å². The molecule has 1 saturated carbocycles. The monoisotopic (exact) mass is 246 g/mol. The maximum Gasteiger partial charge on any atom is 0.160 e. The van der Waals surface area contributed by atoms with Crippen molar-refractivity contribution >= 4 is 5.65 Å². The van der Waals surface area contributed by atoms with E-state index in [4.69, 9.17) is 4.74 Å². The molecule has 0 bridgehead atoms. The zero-order valence-corrected chi connectivity index (χ0v) is 10.5. The number of fused-ring (bicyclic) bond motifs is 1. The average molecular weight is 246 g/mol. The van der Waals surface area contributed by atoms with Crippen molar-refractivity contribution in [2.75, 3.05) is 13.7 Å². The number of methoxy groups -OCH3 is 1. The summed E-state index contributed by atoms with van der Waals surface area (Å²) in [5.74, 6) is 1.72. The Hall–Kier alpha value is -1.46. The molecule has 18 heavy (non-hydrogen) atoms. The smallest absolute Gasteiger partial charge is 0.160 e. The summed E-state index contributed by atoms with van der Waals surface area (Å²) in [5, 5.41) is 11.9. The normalized spacial score (nSPS) is 17.2. The van der Waals surface area contributed by atoms with Crippen LogP contribution in [0.4, 0.5) is 0 Å². The number of nitrogens with one attached hydrogen (secondary N) is 1. The lowest BCUT2D eigenvalue weighted by Crippen LogP contribution is -2.35. The molecule has 0 spiro atoms. The molecule has 0 radical (unpaired) electrons. The molecule has 1 aliphatic carbocycles. The lowest BCUT2D eigenvalue weighted by molar-refractivity contribution is 0.156. The molecule has 1 atom stereocenters. The van der Waals surface area contributed by atoms with Gasteiger partial charge in [-0.05, 0) is 30.9 Å². The number of rotatable bonds is 6. The SMILES string of the molecule is COCC(NCc1nnc2ccccn12)C1CC1. The minimum Gasteiger partial charge on any atom is -0.383 e. The van der Waals surface area contributed by atoms with Gasteiger partial charge in [-0.1, -0.05) is 6.07 Å². The fourth-order valence-electron chi connectivity index (χ4n) is 2.27. The maximum absolute atomic E-state index is 5.26. The summed E-state index contributed by atoms with van der Waals surface area (Å²) in [6.07, 6.45) is 4.61. The average Bonchev–Trinajstić information content (AvgIpc) is 3.16. The first-order valence-electron chi connectivity index (χ1n) is 6.39. The van der Waals surface area contributed by atoms with E-state index in [9.17, 15) is 0 Å². The van der Waals surface area contributed by atoms with E-state index in [0.29, 0.717) is 6.04 Å². The van der Waals surface area contributed by atoms with Crippen LogP contribution < -0.4 is 5.32 Å². The molecule has 1 fully saturated rings. The summed E-state index contributed by atoms with van der Waals surface area (Å²) in [5.41, 5.74) is 0.893. The number of nitrogens with zero attached hydrogens (tertiary/aromatic N) is 3. The lowest BCUT2D eigenvalue weighted by atomic mass is 10.2. The van der Waals surface area contributed by atoms with E-state index in [1.165, 1.54) is 12.8 Å². The van der Waals surface area contributed by atoms with Crippen LogP contribution in [0.25, 0.3) is 5.65 Å². The van der Waals surface area contributed by atoms with E-state index < -0.39 is 0 Å². The molecule has 1 unspecified atom stereocenters. The van der Waals surface area contributed by atoms with Crippen molar-refractivity contribution in [3.8, 4) is 0 Å². The lowest BCUT2D eigenvalue weighted by Gasteiger charge is -2.16. The highest BCUT2D eigenvalue weighted by atomic mass is 16.5. The Labute approximate surface area is 106 Å². The van der Waals surface area contributed by atoms with E-state index in [1.54, 1.807) is 7.11 Å². The van der Waals surface area contributed by atoms with Crippen molar-refractivity contribution in [1.82, 2.24) is 19.9 Å². The van der Waals surface area contributed by atoms with Gasteiger partial charge < -0.3 is 10.1 Å². The second-order valence-corrected chi connectivity index (χ2v) is 4.83. The van der Waals surface area contributed by atoms with Crippen LogP contribution in [0, 0.1) is 5.92 Å². The third-order valence-corrected chi connectivity index (χ3v) is 3.44. The van der Waals surface area contributed by atoms with Crippen LogP contribution in [-0.2, 0) is 11.3 Å². The van der Waals surface area contributed by atoms with Crippen LogP contribution in [0.2, 0.25) is 0 Å². The van der Waals surface area contributed by atoms with E-state index >= 15 is 0 Å². The van der Waals surface area contributed by atoms with Crippen molar-refractivity contribution in [1.29, 1.82) is 0 Å². The maximum atomic E-state index is 5.26. The van der Waals surface area contributed by atoms with Gasteiger partial charge in [0.05, 0.1) is 13.2 Å². The third-order valence-electron chi connectivity index (χ3n) is 3.44. The first-order chi connectivity index (χ1) is 8.88. The van der Waals surface area contributed by atoms with Gasteiger partial charge in [0, 0.05) is 19.3 Å². The van der Waals surface area contributed by atoms with Gasteiger partial charge in [0.2, 0.25) is 0 Å². The largest absolute Gasteiger partial charge is 0.383 e. The fraction of sp³-hybridized carbons (Fsp3) is 0.538. The summed E-state index contributed by atoms with van der Waals surface area (Å²) in [4.78, 5) is 0. The molecule has 5 nitrogen and oxygen atoms in total. The Balaban J connectivity index is 1.68. The first kappa shape index (κ1) is 11.6. The fourth-order valence-corrected chi connectivity index (χ4v) is 2.27. The van der Waals surface area contributed by atoms with E-state index in [0.717, 1.165) is 30.5 Å². The first-order valence-corrected chi connectivity index (χ1v) is 6.39. The second-order valence-electron chi connectivity index (χ2n) is 4.83. The number of ether oxygens (including phenoxy) is 1.